The average Bonchev–Trinajstić information content (AvgIpc) is 3.88. The van der Waals surface area contributed by atoms with Crippen LogP contribution < -0.4 is 20.2 Å². The van der Waals surface area contributed by atoms with E-state index in [1.165, 1.54) is 28.0 Å². The Morgan fingerprint density at radius 2 is 1.74 bits per heavy atom. The van der Waals surface area contributed by atoms with Gasteiger partial charge in [0.25, 0.3) is 0 Å². The highest BCUT2D eigenvalue weighted by Gasteiger charge is 2.45. The quantitative estimate of drug-likeness (QED) is 0.169. The predicted molar refractivity (Wildman–Crippen MR) is 188 cm³/mol. The van der Waals surface area contributed by atoms with Crippen LogP contribution in [0.1, 0.15) is 31.9 Å². The average molecular weight is 724 g/mol. The van der Waals surface area contributed by atoms with Crippen LogP contribution in [0.4, 0.5) is 15.8 Å². The van der Waals surface area contributed by atoms with Gasteiger partial charge in [0, 0.05) is 48.5 Å². The van der Waals surface area contributed by atoms with Gasteiger partial charge < -0.3 is 24.0 Å². The fourth-order valence-corrected chi connectivity index (χ4v) is 6.85. The van der Waals surface area contributed by atoms with Crippen LogP contribution in [0.2, 0.25) is 10.0 Å². The second kappa shape index (κ2) is 14.4. The fraction of sp³-hybridized carbons (Fsp3) is 0.371. The van der Waals surface area contributed by atoms with Crippen molar-refractivity contribution >= 4 is 34.6 Å². The van der Waals surface area contributed by atoms with Crippen LogP contribution in [0.3, 0.4) is 0 Å². The first-order valence-electron chi connectivity index (χ1n) is 16.5. The van der Waals surface area contributed by atoms with Gasteiger partial charge in [0.1, 0.15) is 49.8 Å². The molecule has 0 amide bonds. The molecule has 2 saturated heterocycles. The third-order valence-corrected chi connectivity index (χ3v) is 9.75. The molecule has 3 aromatic carbocycles. The molecule has 0 radical (unpaired) electrons. The van der Waals surface area contributed by atoms with E-state index in [4.69, 9.17) is 37.4 Å². The van der Waals surface area contributed by atoms with Crippen molar-refractivity contribution in [2.75, 3.05) is 49.2 Å². The topological polar surface area (TPSA) is 105 Å². The molecule has 15 heteroatoms. The Morgan fingerprint density at radius 1 is 0.980 bits per heavy atom. The summed E-state index contributed by atoms with van der Waals surface area (Å²) in [4.78, 5) is 21.1. The Kier molecular flexibility index (Phi) is 9.82. The molecule has 50 heavy (non-hydrogen) atoms. The van der Waals surface area contributed by atoms with Gasteiger partial charge >= 0.3 is 5.69 Å². The second-order valence-electron chi connectivity index (χ2n) is 12.4. The Labute approximate surface area is 298 Å². The normalized spacial score (nSPS) is 20.0. The van der Waals surface area contributed by atoms with Crippen molar-refractivity contribution in [1.82, 2.24) is 29.1 Å². The number of benzene rings is 3. The zero-order chi connectivity index (χ0) is 34.8. The summed E-state index contributed by atoms with van der Waals surface area (Å²) in [7, 11) is 0. The summed E-state index contributed by atoms with van der Waals surface area (Å²) < 4.78 is 38.6. The van der Waals surface area contributed by atoms with Crippen LogP contribution >= 0.6 is 23.2 Å². The molecule has 3 atom stereocenters. The van der Waals surface area contributed by atoms with Gasteiger partial charge in [-0.2, -0.15) is 10.2 Å². The first kappa shape index (κ1) is 34.0. The van der Waals surface area contributed by atoms with E-state index in [-0.39, 0.29) is 36.8 Å². The van der Waals surface area contributed by atoms with Crippen molar-refractivity contribution in [2.45, 2.75) is 44.7 Å². The molecule has 7 rings (SSSR count). The minimum absolute atomic E-state index is 0.0329. The van der Waals surface area contributed by atoms with Crippen molar-refractivity contribution in [1.29, 1.82) is 0 Å². The number of nitrogens with zero attached hydrogens (tertiary/aromatic N) is 8. The Bertz CT molecular complexity index is 1980. The number of rotatable bonds is 11. The van der Waals surface area contributed by atoms with Gasteiger partial charge in [-0.3, -0.25) is 0 Å². The molecule has 5 aromatic rings. The lowest BCUT2D eigenvalue weighted by Crippen LogP contribution is -2.46. The van der Waals surface area contributed by atoms with E-state index in [0.29, 0.717) is 52.4 Å². The highest BCUT2D eigenvalue weighted by Crippen LogP contribution is 2.40. The van der Waals surface area contributed by atoms with E-state index >= 15 is 4.39 Å². The van der Waals surface area contributed by atoms with Crippen molar-refractivity contribution in [2.24, 2.45) is 0 Å². The molecule has 0 aliphatic carbocycles. The number of ether oxygens (including phenoxy) is 3. The van der Waals surface area contributed by atoms with E-state index in [0.717, 1.165) is 25.2 Å². The van der Waals surface area contributed by atoms with Gasteiger partial charge in [-0.15, -0.1) is 0 Å². The Hall–Kier alpha value is -4.43. The van der Waals surface area contributed by atoms with Crippen molar-refractivity contribution < 1.29 is 18.6 Å². The molecule has 2 aromatic heterocycles. The molecule has 12 nitrogen and oxygen atoms in total. The van der Waals surface area contributed by atoms with Crippen LogP contribution in [0.15, 0.2) is 84.4 Å². The zero-order valence-corrected chi connectivity index (χ0v) is 29.2. The van der Waals surface area contributed by atoms with Crippen molar-refractivity contribution in [3.63, 3.8) is 0 Å². The largest absolute Gasteiger partial charge is 0.491 e. The molecule has 0 saturated carbocycles. The summed E-state index contributed by atoms with van der Waals surface area (Å²) in [6.07, 6.45) is 4.90. The summed E-state index contributed by atoms with van der Waals surface area (Å²) in [5.74, 6) is -0.855. The van der Waals surface area contributed by atoms with Crippen molar-refractivity contribution in [3.05, 3.63) is 112 Å². The minimum atomic E-state index is -1.18. The van der Waals surface area contributed by atoms with E-state index in [1.54, 1.807) is 41.3 Å². The highest BCUT2D eigenvalue weighted by atomic mass is 35.5. The maximum atomic E-state index is 15.3. The number of hydrogen-bond donors (Lipinski definition) is 0. The molecule has 0 spiro atoms. The van der Waals surface area contributed by atoms with Gasteiger partial charge in [0.15, 0.2) is 0 Å². The SMILES string of the molecule is CCC(C)n1ncn(-c2ccc(N3CCN(c4ccc(OC[C@H]5CO[C@](Cn6cncn6)(c6ccc(Cl)cc6Cl)O5)cc4)CC3)c(F)c2)c1=O. The third kappa shape index (κ3) is 6.95. The van der Waals surface area contributed by atoms with Crippen LogP contribution in [-0.4, -0.2) is 74.6 Å². The van der Waals surface area contributed by atoms with Gasteiger partial charge in [0.05, 0.1) is 29.0 Å². The number of aromatic nitrogens is 6. The molecular weight excluding hydrogens is 686 g/mol. The molecule has 2 fully saturated rings. The lowest BCUT2D eigenvalue weighted by Gasteiger charge is -2.37. The molecule has 4 heterocycles. The summed E-state index contributed by atoms with van der Waals surface area (Å²) >= 11 is 12.7. The minimum Gasteiger partial charge on any atom is -0.491 e. The van der Waals surface area contributed by atoms with Crippen LogP contribution in [0.5, 0.6) is 5.75 Å². The smallest absolute Gasteiger partial charge is 0.350 e. The van der Waals surface area contributed by atoms with Gasteiger partial charge in [-0.25, -0.2) is 28.1 Å². The maximum Gasteiger partial charge on any atom is 0.350 e. The number of halogens is 3. The van der Waals surface area contributed by atoms with E-state index in [9.17, 15) is 4.79 Å². The maximum absolute atomic E-state index is 15.3. The Balaban J connectivity index is 0.939. The summed E-state index contributed by atoms with van der Waals surface area (Å²) in [6, 6.07) is 18.0. The zero-order valence-electron chi connectivity index (χ0n) is 27.7. The summed E-state index contributed by atoms with van der Waals surface area (Å²) in [6.45, 7) is 7.46. The third-order valence-electron chi connectivity index (χ3n) is 9.21. The highest BCUT2D eigenvalue weighted by molar-refractivity contribution is 6.35. The molecule has 262 valence electrons. The second-order valence-corrected chi connectivity index (χ2v) is 13.3. The number of hydrogen-bond acceptors (Lipinski definition) is 9. The van der Waals surface area contributed by atoms with E-state index < -0.39 is 5.79 Å². The van der Waals surface area contributed by atoms with E-state index in [1.807, 2.05) is 43.0 Å². The molecule has 1 unspecified atom stereocenters. The van der Waals surface area contributed by atoms with Crippen molar-refractivity contribution in [3.8, 4) is 11.4 Å². The van der Waals surface area contributed by atoms with Gasteiger partial charge in [0.2, 0.25) is 5.79 Å². The fourth-order valence-electron chi connectivity index (χ4n) is 6.30. The molecule has 0 bridgehead atoms. The number of anilines is 2. The van der Waals surface area contributed by atoms with Gasteiger partial charge in [-0.05, 0) is 61.9 Å². The lowest BCUT2D eigenvalue weighted by atomic mass is 10.1. The van der Waals surface area contributed by atoms with Crippen LogP contribution in [0.25, 0.3) is 5.69 Å². The lowest BCUT2D eigenvalue weighted by molar-refractivity contribution is -0.190. The predicted octanol–water partition coefficient (Wildman–Crippen LogP) is 5.72. The monoisotopic (exact) mass is 722 g/mol. The van der Waals surface area contributed by atoms with E-state index in [2.05, 4.69) is 20.1 Å². The first-order valence-corrected chi connectivity index (χ1v) is 17.3. The summed E-state index contributed by atoms with van der Waals surface area (Å²) in [5.41, 5.74) is 2.39. The standard InChI is InChI=1S/C35H37Cl2FN8O4/c1-3-24(2)46-34(47)45(23-41-46)27-7-11-33(32(38)17-27)43-14-12-42(13-15-43)26-5-8-28(9-6-26)48-18-29-19-49-35(50-29,20-44-22-39-21-40-44)30-10-4-25(36)16-31(30)37/h4-11,16-17,21-24,29H,3,12-15,18-20H2,1-2H3/t24?,29-,35-/m0/s1. The van der Waals surface area contributed by atoms with Crippen LogP contribution in [-0.2, 0) is 21.8 Å². The van der Waals surface area contributed by atoms with Gasteiger partial charge in [-0.1, -0.05) is 36.2 Å². The molecule has 2 aliphatic rings. The molecule has 2 aliphatic heterocycles. The summed E-state index contributed by atoms with van der Waals surface area (Å²) in [5, 5.41) is 9.37. The molecule has 0 N–H and O–H groups in total. The van der Waals surface area contributed by atoms with Crippen LogP contribution in [0, 0.1) is 5.82 Å². The number of piperazine rings is 1. The first-order chi connectivity index (χ1) is 24.2. The molecular formula is C35H37Cl2FN8O4. The Morgan fingerprint density at radius 3 is 2.44 bits per heavy atom.